The van der Waals surface area contributed by atoms with Gasteiger partial charge in [-0.1, -0.05) is 6.07 Å². The second kappa shape index (κ2) is 6.28. The van der Waals surface area contributed by atoms with Crippen LogP contribution in [-0.2, 0) is 15.9 Å². The number of likely N-dealkylation sites (N-methyl/N-ethyl adjacent to an activating group) is 1. The number of ether oxygens (including phenoxy) is 4. The number of hydrogen-bond donors (Lipinski definition) is 0. The first-order valence-electron chi connectivity index (χ1n) is 7.96. The summed E-state index contributed by atoms with van der Waals surface area (Å²) in [5.41, 5.74) is 0.620. The molecule has 2 aliphatic heterocycles. The predicted octanol–water partition coefficient (Wildman–Crippen LogP) is 2.59. The van der Waals surface area contributed by atoms with E-state index in [0.29, 0.717) is 19.8 Å². The Morgan fingerprint density at radius 1 is 1.35 bits per heavy atom. The molecule has 1 aromatic rings. The number of hydrogen-bond acceptors (Lipinski definition) is 5. The van der Waals surface area contributed by atoms with Crippen LogP contribution in [0, 0.1) is 0 Å². The first-order valence-corrected chi connectivity index (χ1v) is 7.96. The van der Waals surface area contributed by atoms with Crippen LogP contribution < -0.4 is 9.47 Å². The molecular formula is C17H23NO5. The lowest BCUT2D eigenvalue weighted by Crippen LogP contribution is -2.53. The average molecular weight is 321 g/mol. The molecule has 1 unspecified atom stereocenters. The molecule has 0 spiro atoms. The van der Waals surface area contributed by atoms with Gasteiger partial charge in [-0.3, -0.25) is 0 Å². The summed E-state index contributed by atoms with van der Waals surface area (Å²) in [7, 11) is 0. The normalized spacial score (nSPS) is 18.9. The van der Waals surface area contributed by atoms with Crippen molar-refractivity contribution in [2.24, 2.45) is 0 Å². The average Bonchev–Trinajstić information content (AvgIpc) is 2.93. The van der Waals surface area contributed by atoms with Gasteiger partial charge in [0, 0.05) is 12.6 Å². The molecule has 126 valence electrons. The van der Waals surface area contributed by atoms with Crippen LogP contribution in [0.3, 0.4) is 0 Å². The number of carbonyl (C=O) groups excluding carboxylic acids is 1. The second-order valence-electron chi connectivity index (χ2n) is 6.34. The highest BCUT2D eigenvalue weighted by Crippen LogP contribution is 2.33. The van der Waals surface area contributed by atoms with Crippen LogP contribution in [-0.4, -0.2) is 49.2 Å². The zero-order chi connectivity index (χ0) is 16.4. The van der Waals surface area contributed by atoms with E-state index in [2.05, 4.69) is 0 Å². The van der Waals surface area contributed by atoms with Gasteiger partial charge in [-0.05, 0) is 44.9 Å². The molecule has 1 atom stereocenters. The Morgan fingerprint density at radius 2 is 2.09 bits per heavy atom. The van der Waals surface area contributed by atoms with E-state index in [4.69, 9.17) is 18.9 Å². The predicted molar refractivity (Wildman–Crippen MR) is 83.8 cm³/mol. The third-order valence-corrected chi connectivity index (χ3v) is 4.22. The van der Waals surface area contributed by atoms with Crippen molar-refractivity contribution in [3.8, 4) is 11.5 Å². The van der Waals surface area contributed by atoms with Crippen molar-refractivity contribution in [1.82, 2.24) is 4.90 Å². The SMILES string of the molecule is CCN(C(=O)OC1(C)COC1)C(C)Cc1ccc2c(c1)OCO2. The fraction of sp³-hybridized carbons (Fsp3) is 0.588. The third-order valence-electron chi connectivity index (χ3n) is 4.22. The molecule has 0 aliphatic carbocycles. The lowest BCUT2D eigenvalue weighted by Gasteiger charge is -2.39. The van der Waals surface area contributed by atoms with Gasteiger partial charge in [0.05, 0.1) is 13.2 Å². The zero-order valence-electron chi connectivity index (χ0n) is 13.8. The van der Waals surface area contributed by atoms with Crippen molar-refractivity contribution in [3.63, 3.8) is 0 Å². The maximum atomic E-state index is 12.4. The first kappa shape index (κ1) is 15.9. The Balaban J connectivity index is 1.62. The van der Waals surface area contributed by atoms with Crippen LogP contribution in [0.2, 0.25) is 0 Å². The highest BCUT2D eigenvalue weighted by molar-refractivity contribution is 5.68. The molecule has 0 N–H and O–H groups in total. The van der Waals surface area contributed by atoms with Crippen LogP contribution >= 0.6 is 0 Å². The fourth-order valence-electron chi connectivity index (χ4n) is 2.86. The van der Waals surface area contributed by atoms with Gasteiger partial charge in [0.25, 0.3) is 0 Å². The van der Waals surface area contributed by atoms with Gasteiger partial charge in [0.1, 0.15) is 0 Å². The summed E-state index contributed by atoms with van der Waals surface area (Å²) in [5.74, 6) is 1.53. The summed E-state index contributed by atoms with van der Waals surface area (Å²) in [6.07, 6.45) is 0.443. The Morgan fingerprint density at radius 3 is 2.74 bits per heavy atom. The summed E-state index contributed by atoms with van der Waals surface area (Å²) in [6.45, 7) is 7.67. The Hall–Kier alpha value is -1.95. The number of fused-ring (bicyclic) bond motifs is 1. The topological polar surface area (TPSA) is 57.2 Å². The van der Waals surface area contributed by atoms with E-state index in [1.807, 2.05) is 39.0 Å². The third kappa shape index (κ3) is 3.37. The maximum absolute atomic E-state index is 12.4. The number of amides is 1. The van der Waals surface area contributed by atoms with Crippen molar-refractivity contribution in [2.45, 2.75) is 38.8 Å². The summed E-state index contributed by atoms with van der Waals surface area (Å²) < 4.78 is 21.4. The first-order chi connectivity index (χ1) is 11.0. The van der Waals surface area contributed by atoms with Crippen molar-refractivity contribution < 1.29 is 23.7 Å². The van der Waals surface area contributed by atoms with Gasteiger partial charge in [-0.25, -0.2) is 4.79 Å². The lowest BCUT2D eigenvalue weighted by atomic mass is 10.0. The molecule has 0 radical (unpaired) electrons. The minimum Gasteiger partial charge on any atom is -0.454 e. The molecule has 0 aromatic heterocycles. The smallest absolute Gasteiger partial charge is 0.410 e. The van der Waals surface area contributed by atoms with Crippen molar-refractivity contribution >= 4 is 6.09 Å². The molecule has 1 aromatic carbocycles. The Bertz CT molecular complexity index is 584. The molecule has 1 fully saturated rings. The van der Waals surface area contributed by atoms with Crippen LogP contribution in [0.15, 0.2) is 18.2 Å². The van der Waals surface area contributed by atoms with E-state index in [1.165, 1.54) is 0 Å². The van der Waals surface area contributed by atoms with Gasteiger partial charge in [-0.2, -0.15) is 0 Å². The molecular weight excluding hydrogens is 298 g/mol. The maximum Gasteiger partial charge on any atom is 0.410 e. The van der Waals surface area contributed by atoms with Crippen molar-refractivity contribution in [2.75, 3.05) is 26.6 Å². The number of rotatable bonds is 5. The van der Waals surface area contributed by atoms with E-state index in [-0.39, 0.29) is 18.9 Å². The second-order valence-corrected chi connectivity index (χ2v) is 6.34. The largest absolute Gasteiger partial charge is 0.454 e. The fourth-order valence-corrected chi connectivity index (χ4v) is 2.86. The number of carbonyl (C=O) groups is 1. The van der Waals surface area contributed by atoms with E-state index in [1.54, 1.807) is 4.90 Å². The standard InChI is InChI=1S/C17H23NO5/c1-4-18(16(19)23-17(3)9-20-10-17)12(2)7-13-5-6-14-15(8-13)22-11-21-14/h5-6,8,12H,4,7,9-11H2,1-3H3. The molecule has 6 heteroatoms. The molecule has 1 saturated heterocycles. The minimum absolute atomic E-state index is 0.0254. The van der Waals surface area contributed by atoms with E-state index >= 15 is 0 Å². The minimum atomic E-state index is -0.483. The Labute approximate surface area is 136 Å². The summed E-state index contributed by atoms with van der Waals surface area (Å²) in [6, 6.07) is 5.91. The highest BCUT2D eigenvalue weighted by atomic mass is 16.7. The van der Waals surface area contributed by atoms with Crippen LogP contribution in [0.4, 0.5) is 4.79 Å². The van der Waals surface area contributed by atoms with Gasteiger partial charge in [0.15, 0.2) is 17.1 Å². The number of nitrogens with zero attached hydrogens (tertiary/aromatic N) is 1. The van der Waals surface area contributed by atoms with Gasteiger partial charge >= 0.3 is 6.09 Å². The van der Waals surface area contributed by atoms with Crippen LogP contribution in [0.5, 0.6) is 11.5 Å². The lowest BCUT2D eigenvalue weighted by molar-refractivity contribution is -0.172. The molecule has 1 amide bonds. The summed E-state index contributed by atoms with van der Waals surface area (Å²) >= 11 is 0. The Kier molecular flexibility index (Phi) is 4.35. The van der Waals surface area contributed by atoms with Crippen molar-refractivity contribution in [3.05, 3.63) is 23.8 Å². The molecule has 2 heterocycles. The van der Waals surface area contributed by atoms with Gasteiger partial charge < -0.3 is 23.8 Å². The van der Waals surface area contributed by atoms with Crippen LogP contribution in [0.25, 0.3) is 0 Å². The zero-order valence-corrected chi connectivity index (χ0v) is 13.8. The summed E-state index contributed by atoms with van der Waals surface area (Å²) in [4.78, 5) is 14.1. The van der Waals surface area contributed by atoms with Gasteiger partial charge in [-0.15, -0.1) is 0 Å². The molecule has 0 bridgehead atoms. The van der Waals surface area contributed by atoms with E-state index < -0.39 is 5.60 Å². The molecule has 3 rings (SSSR count). The highest BCUT2D eigenvalue weighted by Gasteiger charge is 2.39. The van der Waals surface area contributed by atoms with Crippen molar-refractivity contribution in [1.29, 1.82) is 0 Å². The molecule has 0 saturated carbocycles. The quantitative estimate of drug-likeness (QED) is 0.834. The molecule has 6 nitrogen and oxygen atoms in total. The van der Waals surface area contributed by atoms with E-state index in [0.717, 1.165) is 23.5 Å². The van der Waals surface area contributed by atoms with E-state index in [9.17, 15) is 4.79 Å². The summed E-state index contributed by atoms with van der Waals surface area (Å²) in [5, 5.41) is 0. The van der Waals surface area contributed by atoms with Crippen LogP contribution in [0.1, 0.15) is 26.3 Å². The van der Waals surface area contributed by atoms with Gasteiger partial charge in [0.2, 0.25) is 6.79 Å². The number of benzene rings is 1. The monoisotopic (exact) mass is 321 g/mol. The molecule has 23 heavy (non-hydrogen) atoms. The molecule has 2 aliphatic rings.